The number of methoxy groups -OCH3 is 2. The van der Waals surface area contributed by atoms with Crippen LogP contribution in [0.25, 0.3) is 10.1 Å². The monoisotopic (exact) mass is 468 g/mol. The van der Waals surface area contributed by atoms with E-state index in [2.05, 4.69) is 15.9 Å². The first-order chi connectivity index (χ1) is 14.1. The van der Waals surface area contributed by atoms with Crippen LogP contribution in [0, 0.1) is 0 Å². The van der Waals surface area contributed by atoms with Crippen molar-refractivity contribution < 1.29 is 19.0 Å². The molecule has 0 saturated carbocycles. The predicted molar refractivity (Wildman–Crippen MR) is 119 cm³/mol. The molecule has 146 valence electrons. The number of fused-ring (bicyclic) bond motifs is 1. The van der Waals surface area contributed by atoms with Gasteiger partial charge >= 0.3 is 0 Å². The van der Waals surface area contributed by atoms with Gasteiger partial charge in [-0.2, -0.15) is 0 Å². The van der Waals surface area contributed by atoms with Crippen molar-refractivity contribution in [3.05, 3.63) is 81.6 Å². The Labute approximate surface area is 180 Å². The number of hydrogen-bond donors (Lipinski definition) is 0. The molecule has 0 unspecified atom stereocenters. The van der Waals surface area contributed by atoms with Gasteiger partial charge in [0.25, 0.3) is 0 Å². The maximum atomic E-state index is 13.3. The maximum absolute atomic E-state index is 13.3. The highest BCUT2D eigenvalue weighted by molar-refractivity contribution is 9.10. The molecule has 0 amide bonds. The first-order valence-electron chi connectivity index (χ1n) is 8.82. The molecule has 4 aromatic rings. The predicted octanol–water partition coefficient (Wildman–Crippen LogP) is 6.70. The molecule has 4 rings (SSSR count). The summed E-state index contributed by atoms with van der Waals surface area (Å²) >= 11 is 4.82. The number of carbonyl (C=O) groups is 1. The highest BCUT2D eigenvalue weighted by Gasteiger charge is 2.22. The van der Waals surface area contributed by atoms with Crippen LogP contribution in [0.1, 0.15) is 15.2 Å². The van der Waals surface area contributed by atoms with Crippen molar-refractivity contribution in [2.75, 3.05) is 14.2 Å². The van der Waals surface area contributed by atoms with Crippen LogP contribution >= 0.6 is 27.3 Å². The second-order valence-electron chi connectivity index (χ2n) is 6.24. The van der Waals surface area contributed by atoms with Crippen LogP contribution < -0.4 is 14.2 Å². The van der Waals surface area contributed by atoms with Crippen molar-refractivity contribution in [2.24, 2.45) is 0 Å². The zero-order valence-corrected chi connectivity index (χ0v) is 18.2. The lowest BCUT2D eigenvalue weighted by atomic mass is 10.1. The Morgan fingerprint density at radius 2 is 1.45 bits per heavy atom. The summed E-state index contributed by atoms with van der Waals surface area (Å²) in [6.45, 7) is 0. The second-order valence-corrected chi connectivity index (χ2v) is 8.20. The van der Waals surface area contributed by atoms with Crippen LogP contribution in [0.4, 0.5) is 0 Å². The van der Waals surface area contributed by atoms with Gasteiger partial charge in [0, 0.05) is 20.1 Å². The quantitative estimate of drug-likeness (QED) is 0.295. The average molecular weight is 469 g/mol. The Kier molecular flexibility index (Phi) is 5.56. The minimum atomic E-state index is -0.0973. The van der Waals surface area contributed by atoms with Gasteiger partial charge in [-0.05, 0) is 66.7 Å². The summed E-state index contributed by atoms with van der Waals surface area (Å²) in [5.41, 5.74) is 0.574. The van der Waals surface area contributed by atoms with Gasteiger partial charge in [0.05, 0.1) is 14.2 Å². The molecule has 0 bridgehead atoms. The molecule has 4 nitrogen and oxygen atoms in total. The van der Waals surface area contributed by atoms with E-state index in [1.165, 1.54) is 11.3 Å². The van der Waals surface area contributed by atoms with E-state index in [-0.39, 0.29) is 5.78 Å². The number of carbonyl (C=O) groups excluding carboxylic acids is 1. The molecule has 1 heterocycles. The van der Waals surface area contributed by atoms with Gasteiger partial charge in [0.15, 0.2) is 5.75 Å². The van der Waals surface area contributed by atoms with Crippen LogP contribution in [-0.4, -0.2) is 20.0 Å². The first-order valence-corrected chi connectivity index (χ1v) is 10.4. The Morgan fingerprint density at radius 3 is 2.10 bits per heavy atom. The van der Waals surface area contributed by atoms with E-state index in [1.807, 2.05) is 42.5 Å². The molecule has 1 aromatic heterocycles. The number of thiophene rings is 1. The van der Waals surface area contributed by atoms with E-state index in [4.69, 9.17) is 14.2 Å². The lowest BCUT2D eigenvalue weighted by Crippen LogP contribution is -2.00. The summed E-state index contributed by atoms with van der Waals surface area (Å²) in [6, 6.07) is 20.3. The molecule has 6 heteroatoms. The molecular formula is C23H17BrO4S. The summed E-state index contributed by atoms with van der Waals surface area (Å²) in [5, 5.41) is 0.871. The minimum Gasteiger partial charge on any atom is -0.497 e. The van der Waals surface area contributed by atoms with Crippen molar-refractivity contribution in [3.63, 3.8) is 0 Å². The number of ketones is 1. The maximum Gasteiger partial charge on any atom is 0.206 e. The summed E-state index contributed by atoms with van der Waals surface area (Å²) in [6.07, 6.45) is 0. The fourth-order valence-corrected chi connectivity index (χ4v) is 4.31. The first kappa shape index (κ1) is 19.5. The molecule has 0 atom stereocenters. The third-order valence-corrected chi connectivity index (χ3v) is 6.10. The molecular weight excluding hydrogens is 452 g/mol. The fourth-order valence-electron chi connectivity index (χ4n) is 2.93. The highest BCUT2D eigenvalue weighted by atomic mass is 79.9. The molecule has 29 heavy (non-hydrogen) atoms. The molecule has 0 fully saturated rings. The van der Waals surface area contributed by atoms with E-state index in [0.29, 0.717) is 27.7 Å². The van der Waals surface area contributed by atoms with Crippen LogP contribution in [-0.2, 0) is 0 Å². The molecule has 0 aliphatic rings. The SMILES string of the molecule is COc1ccc(C(=O)c2sc3cc(OC)ccc3c2Oc2ccc(Br)cc2)cc1. The number of benzene rings is 3. The van der Waals surface area contributed by atoms with E-state index in [9.17, 15) is 4.79 Å². The van der Waals surface area contributed by atoms with Gasteiger partial charge in [-0.3, -0.25) is 4.79 Å². The normalized spacial score (nSPS) is 10.7. The number of ether oxygens (including phenoxy) is 3. The lowest BCUT2D eigenvalue weighted by Gasteiger charge is -2.08. The molecule has 0 aliphatic carbocycles. The molecule has 0 N–H and O–H groups in total. The van der Waals surface area contributed by atoms with Crippen LogP contribution in [0.5, 0.6) is 23.0 Å². The van der Waals surface area contributed by atoms with Gasteiger partial charge in [0.1, 0.15) is 22.1 Å². The molecule has 3 aromatic carbocycles. The van der Waals surface area contributed by atoms with Crippen molar-refractivity contribution in [2.45, 2.75) is 0 Å². The van der Waals surface area contributed by atoms with E-state index in [1.54, 1.807) is 38.5 Å². The Bertz CT molecular complexity index is 1160. The van der Waals surface area contributed by atoms with Gasteiger partial charge in [-0.15, -0.1) is 11.3 Å². The Morgan fingerprint density at radius 1 is 0.828 bits per heavy atom. The standard InChI is InChI=1S/C23H17BrO4S/c1-26-16-7-3-14(4-8-16)21(25)23-22(28-17-9-5-15(24)6-10-17)19-12-11-18(27-2)13-20(19)29-23/h3-13H,1-2H3. The molecule has 0 aliphatic heterocycles. The van der Waals surface area contributed by atoms with Gasteiger partial charge in [-0.1, -0.05) is 15.9 Å². The largest absolute Gasteiger partial charge is 0.497 e. The van der Waals surface area contributed by atoms with Gasteiger partial charge < -0.3 is 14.2 Å². The average Bonchev–Trinajstić information content (AvgIpc) is 3.12. The van der Waals surface area contributed by atoms with Crippen LogP contribution in [0.15, 0.2) is 71.2 Å². The summed E-state index contributed by atoms with van der Waals surface area (Å²) in [7, 11) is 3.22. The topological polar surface area (TPSA) is 44.8 Å². The molecule has 0 spiro atoms. The third kappa shape index (κ3) is 3.99. The van der Waals surface area contributed by atoms with Crippen LogP contribution in [0.3, 0.4) is 0 Å². The fraction of sp³-hybridized carbons (Fsp3) is 0.0870. The van der Waals surface area contributed by atoms with E-state index >= 15 is 0 Å². The summed E-state index contributed by atoms with van der Waals surface area (Å²) < 4.78 is 18.6. The van der Waals surface area contributed by atoms with Gasteiger partial charge in [-0.25, -0.2) is 0 Å². The van der Waals surface area contributed by atoms with E-state index in [0.717, 1.165) is 20.3 Å². The minimum absolute atomic E-state index is 0.0973. The number of rotatable bonds is 6. The number of halogens is 1. The molecule has 0 radical (unpaired) electrons. The summed E-state index contributed by atoms with van der Waals surface area (Å²) in [5.74, 6) is 2.55. The van der Waals surface area contributed by atoms with Gasteiger partial charge in [0.2, 0.25) is 5.78 Å². The van der Waals surface area contributed by atoms with E-state index < -0.39 is 0 Å². The zero-order valence-electron chi connectivity index (χ0n) is 15.8. The second kappa shape index (κ2) is 8.27. The van der Waals surface area contributed by atoms with Crippen molar-refractivity contribution in [1.29, 1.82) is 0 Å². The zero-order chi connectivity index (χ0) is 20.4. The smallest absolute Gasteiger partial charge is 0.206 e. The summed E-state index contributed by atoms with van der Waals surface area (Å²) in [4.78, 5) is 13.8. The van der Waals surface area contributed by atoms with Crippen molar-refractivity contribution in [1.82, 2.24) is 0 Å². The van der Waals surface area contributed by atoms with Crippen LogP contribution in [0.2, 0.25) is 0 Å². The highest BCUT2D eigenvalue weighted by Crippen LogP contribution is 2.43. The van der Waals surface area contributed by atoms with Crippen molar-refractivity contribution in [3.8, 4) is 23.0 Å². The van der Waals surface area contributed by atoms with Crippen molar-refractivity contribution >= 4 is 43.1 Å². The Hall–Kier alpha value is -2.83. The number of hydrogen-bond acceptors (Lipinski definition) is 5. The molecule has 0 saturated heterocycles. The lowest BCUT2D eigenvalue weighted by molar-refractivity contribution is 0.104. The Balaban J connectivity index is 1.81. The third-order valence-electron chi connectivity index (χ3n) is 4.44.